The van der Waals surface area contributed by atoms with Crippen LogP contribution in [-0.2, 0) is 6.54 Å². The highest BCUT2D eigenvalue weighted by Gasteiger charge is 2.20. The smallest absolute Gasteiger partial charge is 0.0753 e. The number of benzene rings is 1. The van der Waals surface area contributed by atoms with Gasteiger partial charge in [0.2, 0.25) is 0 Å². The lowest BCUT2D eigenvalue weighted by Gasteiger charge is -2.24. The predicted octanol–water partition coefficient (Wildman–Crippen LogP) is 4.00. The summed E-state index contributed by atoms with van der Waals surface area (Å²) in [4.78, 5) is 0. The molecule has 1 heterocycles. The molecular formula is C18H27N3. The number of hydrogen-bond acceptors (Lipinski definition) is 2. The number of nitrogens with zero attached hydrogens (tertiary/aromatic N) is 2. The van der Waals surface area contributed by atoms with E-state index in [4.69, 9.17) is 0 Å². The van der Waals surface area contributed by atoms with E-state index in [-0.39, 0.29) is 6.04 Å². The van der Waals surface area contributed by atoms with Gasteiger partial charge in [0, 0.05) is 12.7 Å². The molecule has 0 fully saturated rings. The molecule has 0 saturated carbocycles. The Hall–Kier alpha value is -1.61. The minimum atomic E-state index is 0.222. The van der Waals surface area contributed by atoms with Gasteiger partial charge in [0.15, 0.2) is 0 Å². The first-order valence-electron chi connectivity index (χ1n) is 8.00. The van der Waals surface area contributed by atoms with Gasteiger partial charge >= 0.3 is 0 Å². The van der Waals surface area contributed by atoms with Crippen LogP contribution in [0.2, 0.25) is 0 Å². The van der Waals surface area contributed by atoms with Gasteiger partial charge in [-0.15, -0.1) is 0 Å². The van der Waals surface area contributed by atoms with Crippen LogP contribution in [0.25, 0.3) is 0 Å². The molecule has 0 bridgehead atoms. The minimum Gasteiger partial charge on any atom is -0.305 e. The first-order chi connectivity index (χ1) is 10.2. The Morgan fingerprint density at radius 2 is 1.81 bits per heavy atom. The molecule has 2 rings (SSSR count). The fourth-order valence-electron chi connectivity index (χ4n) is 2.91. The van der Waals surface area contributed by atoms with Crippen LogP contribution in [0.3, 0.4) is 0 Å². The lowest BCUT2D eigenvalue weighted by molar-refractivity contribution is 0.509. The summed E-state index contributed by atoms with van der Waals surface area (Å²) in [5.41, 5.74) is 5.34. The van der Waals surface area contributed by atoms with Crippen molar-refractivity contribution in [2.45, 2.75) is 53.1 Å². The summed E-state index contributed by atoms with van der Waals surface area (Å²) in [5.74, 6) is 0. The number of rotatable bonds is 7. The molecule has 0 aliphatic heterocycles. The molecule has 1 aromatic carbocycles. The average Bonchev–Trinajstić information content (AvgIpc) is 2.90. The highest BCUT2D eigenvalue weighted by atomic mass is 15.3. The molecule has 0 amide bonds. The molecular weight excluding hydrogens is 258 g/mol. The molecule has 0 aliphatic rings. The molecule has 114 valence electrons. The summed E-state index contributed by atoms with van der Waals surface area (Å²) in [6.07, 6.45) is 4.14. The van der Waals surface area contributed by atoms with E-state index in [9.17, 15) is 0 Å². The zero-order chi connectivity index (χ0) is 15.2. The van der Waals surface area contributed by atoms with Gasteiger partial charge in [0.05, 0.1) is 11.7 Å². The zero-order valence-electron chi connectivity index (χ0n) is 13.7. The normalized spacial score (nSPS) is 12.6. The van der Waals surface area contributed by atoms with Crippen LogP contribution in [0.15, 0.2) is 30.5 Å². The lowest BCUT2D eigenvalue weighted by Crippen LogP contribution is -2.27. The van der Waals surface area contributed by atoms with Gasteiger partial charge in [-0.25, -0.2) is 0 Å². The maximum absolute atomic E-state index is 4.50. The van der Waals surface area contributed by atoms with Crippen molar-refractivity contribution in [1.29, 1.82) is 0 Å². The molecule has 1 unspecified atom stereocenters. The van der Waals surface area contributed by atoms with Gasteiger partial charge in [0.25, 0.3) is 0 Å². The van der Waals surface area contributed by atoms with Crippen molar-refractivity contribution < 1.29 is 0 Å². The highest BCUT2D eigenvalue weighted by molar-refractivity contribution is 5.40. The Balaban J connectivity index is 2.45. The fraction of sp³-hybridized carbons (Fsp3) is 0.500. The monoisotopic (exact) mass is 285 g/mol. The largest absolute Gasteiger partial charge is 0.305 e. The molecule has 1 aromatic heterocycles. The Bertz CT molecular complexity index is 551. The van der Waals surface area contributed by atoms with Crippen LogP contribution in [-0.4, -0.2) is 16.3 Å². The molecule has 0 aliphatic carbocycles. The summed E-state index contributed by atoms with van der Waals surface area (Å²) in [6.45, 7) is 10.8. The van der Waals surface area contributed by atoms with Crippen LogP contribution in [0.5, 0.6) is 0 Å². The van der Waals surface area contributed by atoms with Gasteiger partial charge in [-0.3, -0.25) is 4.68 Å². The van der Waals surface area contributed by atoms with Crippen molar-refractivity contribution in [3.8, 4) is 0 Å². The summed E-state index contributed by atoms with van der Waals surface area (Å²) in [7, 11) is 0. The standard InChI is InChI=1S/C18H27N3/c1-5-11-19-18(16-10-12-20-21(16)13-6-2)17-14(3)8-7-9-15(17)4/h7-10,12,18-19H,5-6,11,13H2,1-4H3. The van der Waals surface area contributed by atoms with E-state index in [0.29, 0.717) is 0 Å². The molecule has 3 heteroatoms. The van der Waals surface area contributed by atoms with Gasteiger partial charge in [-0.2, -0.15) is 5.10 Å². The van der Waals surface area contributed by atoms with Crippen LogP contribution >= 0.6 is 0 Å². The summed E-state index contributed by atoms with van der Waals surface area (Å²) in [5, 5.41) is 8.20. The van der Waals surface area contributed by atoms with Crippen molar-refractivity contribution in [3.05, 3.63) is 52.8 Å². The van der Waals surface area contributed by atoms with E-state index in [2.05, 4.69) is 67.1 Å². The van der Waals surface area contributed by atoms with Gasteiger partial charge in [-0.05, 0) is 56.0 Å². The Morgan fingerprint density at radius 1 is 1.10 bits per heavy atom. The van der Waals surface area contributed by atoms with Crippen molar-refractivity contribution in [2.75, 3.05) is 6.54 Å². The summed E-state index contributed by atoms with van der Waals surface area (Å²) in [6, 6.07) is 8.90. The second-order valence-corrected chi connectivity index (χ2v) is 5.67. The van der Waals surface area contributed by atoms with Gasteiger partial charge in [0.1, 0.15) is 0 Å². The summed E-state index contributed by atoms with van der Waals surface area (Å²) >= 11 is 0. The second-order valence-electron chi connectivity index (χ2n) is 5.67. The molecule has 2 aromatic rings. The van der Waals surface area contributed by atoms with E-state index in [0.717, 1.165) is 25.9 Å². The molecule has 3 nitrogen and oxygen atoms in total. The van der Waals surface area contributed by atoms with E-state index in [1.54, 1.807) is 0 Å². The SMILES string of the molecule is CCCNC(c1c(C)cccc1C)c1ccnn1CCC. The molecule has 1 N–H and O–H groups in total. The molecule has 21 heavy (non-hydrogen) atoms. The Labute approximate surface area is 128 Å². The first kappa shape index (κ1) is 15.8. The average molecular weight is 285 g/mol. The molecule has 0 radical (unpaired) electrons. The van der Waals surface area contributed by atoms with E-state index >= 15 is 0 Å². The van der Waals surface area contributed by atoms with Gasteiger partial charge < -0.3 is 5.32 Å². The first-order valence-corrected chi connectivity index (χ1v) is 8.00. The van der Waals surface area contributed by atoms with Crippen LogP contribution in [0.1, 0.15) is 55.1 Å². The second kappa shape index (κ2) is 7.41. The quantitative estimate of drug-likeness (QED) is 0.833. The number of aromatic nitrogens is 2. The van der Waals surface area contributed by atoms with Crippen molar-refractivity contribution in [1.82, 2.24) is 15.1 Å². The third kappa shape index (κ3) is 3.53. The Morgan fingerprint density at radius 3 is 2.43 bits per heavy atom. The zero-order valence-corrected chi connectivity index (χ0v) is 13.7. The minimum absolute atomic E-state index is 0.222. The van der Waals surface area contributed by atoms with Crippen LogP contribution < -0.4 is 5.32 Å². The molecule has 0 spiro atoms. The van der Waals surface area contributed by atoms with Crippen molar-refractivity contribution >= 4 is 0 Å². The fourth-order valence-corrected chi connectivity index (χ4v) is 2.91. The van der Waals surface area contributed by atoms with Crippen molar-refractivity contribution in [2.24, 2.45) is 0 Å². The third-order valence-corrected chi connectivity index (χ3v) is 3.91. The Kier molecular flexibility index (Phi) is 5.57. The van der Waals surface area contributed by atoms with Crippen molar-refractivity contribution in [3.63, 3.8) is 0 Å². The van der Waals surface area contributed by atoms with Crippen LogP contribution in [0.4, 0.5) is 0 Å². The highest BCUT2D eigenvalue weighted by Crippen LogP contribution is 2.28. The van der Waals surface area contributed by atoms with Gasteiger partial charge in [-0.1, -0.05) is 32.0 Å². The maximum Gasteiger partial charge on any atom is 0.0753 e. The van der Waals surface area contributed by atoms with E-state index in [1.807, 2.05) is 6.20 Å². The van der Waals surface area contributed by atoms with Crippen LogP contribution in [0, 0.1) is 13.8 Å². The number of hydrogen-bond donors (Lipinski definition) is 1. The lowest BCUT2D eigenvalue weighted by atomic mass is 9.94. The van der Waals surface area contributed by atoms with E-state index in [1.165, 1.54) is 22.4 Å². The number of aryl methyl sites for hydroxylation is 3. The van der Waals surface area contributed by atoms with E-state index < -0.39 is 0 Å². The molecule has 1 atom stereocenters. The summed E-state index contributed by atoms with van der Waals surface area (Å²) < 4.78 is 2.14. The molecule has 0 saturated heterocycles. The predicted molar refractivity (Wildman–Crippen MR) is 88.6 cm³/mol. The maximum atomic E-state index is 4.50. The third-order valence-electron chi connectivity index (χ3n) is 3.91. The topological polar surface area (TPSA) is 29.9 Å². The number of nitrogens with one attached hydrogen (secondary N) is 1.